The molecule has 0 saturated carbocycles. The number of allylic oxidation sites excluding steroid dienone is 2. The van der Waals surface area contributed by atoms with Crippen molar-refractivity contribution >= 4 is 16.6 Å². The van der Waals surface area contributed by atoms with Crippen molar-refractivity contribution in [2.24, 2.45) is 0 Å². The van der Waals surface area contributed by atoms with Gasteiger partial charge in [-0.3, -0.25) is 14.9 Å². The molecule has 0 aliphatic rings. The van der Waals surface area contributed by atoms with Gasteiger partial charge in [0.05, 0.1) is 16.2 Å². The monoisotopic (exact) mass is 374 g/mol. The predicted molar refractivity (Wildman–Crippen MR) is 105 cm³/mol. The molecule has 7 heteroatoms. The van der Waals surface area contributed by atoms with E-state index in [0.717, 1.165) is 25.7 Å². The highest BCUT2D eigenvalue weighted by Gasteiger charge is 2.20. The Balaban J connectivity index is 2.66. The summed E-state index contributed by atoms with van der Waals surface area (Å²) in [5.41, 5.74) is -0.311. The molecule has 0 bridgehead atoms. The second-order valence-corrected chi connectivity index (χ2v) is 6.36. The highest BCUT2D eigenvalue weighted by molar-refractivity contribution is 5.89. The van der Waals surface area contributed by atoms with Crippen molar-refractivity contribution < 1.29 is 14.8 Å². The number of hydrogen-bond acceptors (Lipinski definition) is 5. The molecule has 1 N–H and O–H groups in total. The summed E-state index contributed by atoms with van der Waals surface area (Å²) in [6.07, 6.45) is 6.14. The van der Waals surface area contributed by atoms with Crippen LogP contribution in [0.2, 0.25) is 0 Å². The number of fused-ring (bicyclic) bond motifs is 1. The Labute approximate surface area is 158 Å². The first-order valence-electron chi connectivity index (χ1n) is 9.31. The fourth-order valence-corrected chi connectivity index (χ4v) is 3.00. The van der Waals surface area contributed by atoms with Crippen LogP contribution in [0, 0.1) is 10.1 Å². The average molecular weight is 374 g/mol. The second-order valence-electron chi connectivity index (χ2n) is 6.36. The van der Waals surface area contributed by atoms with Crippen LogP contribution in [0.15, 0.2) is 34.8 Å². The minimum atomic E-state index is -0.596. The largest absolute Gasteiger partial charge is 0.500 e. The number of aromatic nitrogens is 1. The first-order valence-corrected chi connectivity index (χ1v) is 9.31. The molecule has 0 unspecified atom stereocenters. The van der Waals surface area contributed by atoms with Crippen molar-refractivity contribution in [2.75, 3.05) is 0 Å². The van der Waals surface area contributed by atoms with Gasteiger partial charge in [-0.05, 0) is 25.5 Å². The lowest BCUT2D eigenvalue weighted by atomic mass is 10.1. The van der Waals surface area contributed by atoms with Gasteiger partial charge in [0.25, 0.3) is 11.2 Å². The normalized spacial score (nSPS) is 11.7. The molecular formula is C20H26N2O5. The molecule has 0 fully saturated rings. The Morgan fingerprint density at radius 1 is 1.30 bits per heavy atom. The molecule has 0 spiro atoms. The van der Waals surface area contributed by atoms with Crippen LogP contribution in [-0.2, 0) is 6.54 Å². The lowest BCUT2D eigenvalue weighted by Crippen LogP contribution is -2.21. The van der Waals surface area contributed by atoms with E-state index in [1.807, 2.05) is 6.92 Å². The van der Waals surface area contributed by atoms with Gasteiger partial charge in [0, 0.05) is 30.5 Å². The Hall–Kier alpha value is -2.83. The van der Waals surface area contributed by atoms with E-state index in [-0.39, 0.29) is 11.4 Å². The SMILES string of the molecule is CC=C(CC)Oc1c(O)c(=O)n(CCCCCC)c2cc([N+](=O)[O-])ccc12. The fourth-order valence-electron chi connectivity index (χ4n) is 3.00. The summed E-state index contributed by atoms with van der Waals surface area (Å²) >= 11 is 0. The molecule has 2 aromatic rings. The molecule has 2 rings (SSSR count). The van der Waals surface area contributed by atoms with Crippen LogP contribution in [0.3, 0.4) is 0 Å². The third kappa shape index (κ3) is 4.48. The van der Waals surface area contributed by atoms with Crippen molar-refractivity contribution in [2.45, 2.75) is 59.4 Å². The number of nitro groups is 1. The number of pyridine rings is 1. The Morgan fingerprint density at radius 3 is 2.63 bits per heavy atom. The number of ether oxygens (including phenoxy) is 1. The molecule has 146 valence electrons. The molecule has 0 saturated heterocycles. The maximum atomic E-state index is 12.8. The van der Waals surface area contributed by atoms with Gasteiger partial charge in [-0.15, -0.1) is 0 Å². The number of aromatic hydroxyl groups is 1. The number of unbranched alkanes of at least 4 members (excludes halogenated alkanes) is 3. The van der Waals surface area contributed by atoms with Crippen molar-refractivity contribution in [1.82, 2.24) is 4.57 Å². The maximum absolute atomic E-state index is 12.8. The molecule has 0 atom stereocenters. The van der Waals surface area contributed by atoms with E-state index in [0.29, 0.717) is 29.6 Å². The first kappa shape index (κ1) is 20.5. The van der Waals surface area contributed by atoms with E-state index >= 15 is 0 Å². The van der Waals surface area contributed by atoms with Crippen molar-refractivity contribution in [3.8, 4) is 11.5 Å². The quantitative estimate of drug-likeness (QED) is 0.292. The summed E-state index contributed by atoms with van der Waals surface area (Å²) in [7, 11) is 0. The molecule has 0 radical (unpaired) electrons. The summed E-state index contributed by atoms with van der Waals surface area (Å²) in [5.74, 6) is 0.175. The van der Waals surface area contributed by atoms with E-state index in [9.17, 15) is 20.0 Å². The number of hydrogen-bond donors (Lipinski definition) is 1. The zero-order valence-corrected chi connectivity index (χ0v) is 16.0. The van der Waals surface area contributed by atoms with E-state index < -0.39 is 16.2 Å². The third-order valence-electron chi connectivity index (χ3n) is 4.53. The van der Waals surface area contributed by atoms with E-state index in [1.165, 1.54) is 22.8 Å². The minimum Gasteiger partial charge on any atom is -0.500 e. The summed E-state index contributed by atoms with van der Waals surface area (Å²) in [6, 6.07) is 4.24. The highest BCUT2D eigenvalue weighted by Crippen LogP contribution is 2.35. The number of non-ortho nitro benzene ring substituents is 1. The third-order valence-corrected chi connectivity index (χ3v) is 4.53. The van der Waals surface area contributed by atoms with Gasteiger partial charge in [-0.1, -0.05) is 33.1 Å². The minimum absolute atomic E-state index is 0.0460. The van der Waals surface area contributed by atoms with Gasteiger partial charge < -0.3 is 14.4 Å². The number of aryl methyl sites for hydroxylation is 1. The van der Waals surface area contributed by atoms with Gasteiger partial charge in [-0.2, -0.15) is 0 Å². The zero-order chi connectivity index (χ0) is 20.0. The van der Waals surface area contributed by atoms with Gasteiger partial charge >= 0.3 is 0 Å². The summed E-state index contributed by atoms with van der Waals surface area (Å²) in [6.45, 7) is 6.18. The predicted octanol–water partition coefficient (Wildman–Crippen LogP) is 4.89. The lowest BCUT2D eigenvalue weighted by molar-refractivity contribution is -0.384. The zero-order valence-electron chi connectivity index (χ0n) is 16.0. The second kappa shape index (κ2) is 9.21. The topological polar surface area (TPSA) is 94.6 Å². The molecule has 1 aromatic heterocycles. The first-order chi connectivity index (χ1) is 12.9. The van der Waals surface area contributed by atoms with E-state index in [1.54, 1.807) is 13.0 Å². The van der Waals surface area contributed by atoms with Crippen LogP contribution < -0.4 is 10.3 Å². The highest BCUT2D eigenvalue weighted by atomic mass is 16.6. The standard InChI is InChI=1S/C20H26N2O5/c1-4-7-8-9-12-21-17-13-14(22(25)26)10-11-16(17)19(18(23)20(21)24)27-15(5-2)6-3/h5,10-11,13,23H,4,6-9,12H2,1-3H3. The summed E-state index contributed by atoms with van der Waals surface area (Å²) in [4.78, 5) is 23.4. The van der Waals surface area contributed by atoms with Crippen molar-refractivity contribution in [3.05, 3.63) is 50.5 Å². The molecule has 1 heterocycles. The van der Waals surface area contributed by atoms with Crippen LogP contribution in [-0.4, -0.2) is 14.6 Å². The number of rotatable bonds is 9. The van der Waals surface area contributed by atoms with Gasteiger partial charge in [0.2, 0.25) is 5.75 Å². The van der Waals surface area contributed by atoms with Crippen LogP contribution >= 0.6 is 0 Å². The molecule has 0 aliphatic heterocycles. The molecule has 7 nitrogen and oxygen atoms in total. The molecule has 0 amide bonds. The smallest absolute Gasteiger partial charge is 0.297 e. The fraction of sp³-hybridized carbons (Fsp3) is 0.450. The maximum Gasteiger partial charge on any atom is 0.297 e. The molecular weight excluding hydrogens is 348 g/mol. The Kier molecular flexibility index (Phi) is 6.98. The number of nitro benzene ring substituents is 1. The molecule has 0 aliphatic carbocycles. The van der Waals surface area contributed by atoms with Gasteiger partial charge in [0.1, 0.15) is 0 Å². The average Bonchev–Trinajstić information content (AvgIpc) is 2.67. The Bertz CT molecular complexity index is 915. The van der Waals surface area contributed by atoms with Gasteiger partial charge in [-0.25, -0.2) is 0 Å². The van der Waals surface area contributed by atoms with Crippen LogP contribution in [0.25, 0.3) is 10.9 Å². The summed E-state index contributed by atoms with van der Waals surface area (Å²) < 4.78 is 7.17. The number of nitrogens with zero attached hydrogens (tertiary/aromatic N) is 2. The van der Waals surface area contributed by atoms with E-state index in [4.69, 9.17) is 4.74 Å². The molecule has 1 aromatic carbocycles. The number of benzene rings is 1. The van der Waals surface area contributed by atoms with Crippen LogP contribution in [0.1, 0.15) is 52.9 Å². The Morgan fingerprint density at radius 2 is 2.04 bits per heavy atom. The molecule has 27 heavy (non-hydrogen) atoms. The van der Waals surface area contributed by atoms with Crippen molar-refractivity contribution in [1.29, 1.82) is 0 Å². The van der Waals surface area contributed by atoms with Crippen LogP contribution in [0.4, 0.5) is 5.69 Å². The van der Waals surface area contributed by atoms with Crippen LogP contribution in [0.5, 0.6) is 11.5 Å². The lowest BCUT2D eigenvalue weighted by Gasteiger charge is -2.16. The summed E-state index contributed by atoms with van der Waals surface area (Å²) in [5, 5.41) is 22.1. The van der Waals surface area contributed by atoms with Crippen molar-refractivity contribution in [3.63, 3.8) is 0 Å². The van der Waals surface area contributed by atoms with Gasteiger partial charge in [0.15, 0.2) is 5.75 Å². The van der Waals surface area contributed by atoms with E-state index in [2.05, 4.69) is 6.92 Å².